The third-order valence-electron chi connectivity index (χ3n) is 0. The fraction of sp³-hybridized carbons (Fsp3) is 1.00. The van der Waals surface area contributed by atoms with Crippen LogP contribution in [0.25, 0.3) is 0 Å². The van der Waals surface area contributed by atoms with Gasteiger partial charge in [-0.3, -0.25) is 0 Å². The van der Waals surface area contributed by atoms with E-state index in [2.05, 4.69) is 0 Å². The number of aliphatic hydroxyl groups excluding tert-OH is 3. The van der Waals surface area contributed by atoms with Gasteiger partial charge in [0.2, 0.25) is 0 Å². The van der Waals surface area contributed by atoms with E-state index in [1.54, 1.807) is 20.8 Å². The standard InChI is InChI=1S/3C2H6O.ClH.V/c3*1-2-3;;/h3*3H,2H2,1H3;1H;. The maximum Gasteiger partial charge on any atom is 0.0402 e. The minimum Gasteiger partial charge on any atom is -0.397 e. The first-order valence-electron chi connectivity index (χ1n) is 3.07. The SMILES string of the molecule is CCO.CCO.CCO.Cl.[V]. The molecule has 0 spiro atoms. The van der Waals surface area contributed by atoms with Gasteiger partial charge in [0.05, 0.1) is 0 Å². The normalized spacial score (nSPS) is 4.91. The average Bonchev–Trinajstić information content (AvgIpc) is 1.70. The topological polar surface area (TPSA) is 60.7 Å². The van der Waals surface area contributed by atoms with Crippen LogP contribution in [0.3, 0.4) is 0 Å². The van der Waals surface area contributed by atoms with E-state index in [-0.39, 0.29) is 50.8 Å². The van der Waals surface area contributed by atoms with Crippen molar-refractivity contribution < 1.29 is 33.9 Å². The third-order valence-corrected chi connectivity index (χ3v) is 0. The van der Waals surface area contributed by atoms with E-state index in [1.165, 1.54) is 0 Å². The molecule has 0 aromatic heterocycles. The Balaban J connectivity index is -0.0000000150. The van der Waals surface area contributed by atoms with Crippen molar-refractivity contribution in [2.75, 3.05) is 19.8 Å². The predicted molar refractivity (Wildman–Crippen MR) is 45.5 cm³/mol. The summed E-state index contributed by atoms with van der Waals surface area (Å²) in [6, 6.07) is 0. The van der Waals surface area contributed by atoms with Gasteiger partial charge in [-0.1, -0.05) is 0 Å². The molecule has 0 unspecified atom stereocenters. The second-order valence-electron chi connectivity index (χ2n) is 0.949. The smallest absolute Gasteiger partial charge is 0.0402 e. The number of hydrogen-bond acceptors (Lipinski definition) is 3. The molecule has 5 heteroatoms. The molecule has 0 aromatic carbocycles. The van der Waals surface area contributed by atoms with Gasteiger partial charge in [0.25, 0.3) is 0 Å². The van der Waals surface area contributed by atoms with Crippen LogP contribution >= 0.6 is 12.4 Å². The van der Waals surface area contributed by atoms with Crippen molar-refractivity contribution in [2.45, 2.75) is 20.8 Å². The second kappa shape index (κ2) is 72.6. The largest absolute Gasteiger partial charge is 0.397 e. The zero-order chi connectivity index (χ0) is 8.12. The Kier molecular flexibility index (Phi) is 197. The van der Waals surface area contributed by atoms with Crippen LogP contribution in [0.1, 0.15) is 20.8 Å². The number of aliphatic hydroxyl groups is 3. The van der Waals surface area contributed by atoms with Crippen molar-refractivity contribution >= 4 is 12.4 Å². The Morgan fingerprint density at radius 3 is 0.727 bits per heavy atom. The molecule has 0 bridgehead atoms. The Morgan fingerprint density at radius 1 is 0.727 bits per heavy atom. The molecule has 3 nitrogen and oxygen atoms in total. The molecule has 0 aliphatic rings. The summed E-state index contributed by atoms with van der Waals surface area (Å²) in [5.41, 5.74) is 0. The molecule has 0 saturated heterocycles. The average molecular weight is 226 g/mol. The molecule has 0 aromatic rings. The van der Waals surface area contributed by atoms with Gasteiger partial charge in [-0.25, -0.2) is 0 Å². The summed E-state index contributed by atoms with van der Waals surface area (Å²) in [6.07, 6.45) is 0. The minimum absolute atomic E-state index is 0. The Bertz CT molecular complexity index is 22.5. The van der Waals surface area contributed by atoms with E-state index in [4.69, 9.17) is 15.3 Å². The second-order valence-corrected chi connectivity index (χ2v) is 0.949. The number of halogens is 1. The molecule has 1 radical (unpaired) electrons. The van der Waals surface area contributed by atoms with Crippen LogP contribution in [0, 0.1) is 0 Å². The molecule has 0 atom stereocenters. The molecule has 73 valence electrons. The van der Waals surface area contributed by atoms with E-state index in [1.807, 2.05) is 0 Å². The third kappa shape index (κ3) is 1450. The van der Waals surface area contributed by atoms with E-state index in [9.17, 15) is 0 Å². The van der Waals surface area contributed by atoms with E-state index >= 15 is 0 Å². The first kappa shape index (κ1) is 29.8. The summed E-state index contributed by atoms with van der Waals surface area (Å²) >= 11 is 0. The van der Waals surface area contributed by atoms with Crippen LogP contribution in [0.5, 0.6) is 0 Å². The minimum atomic E-state index is 0. The van der Waals surface area contributed by atoms with Gasteiger partial charge < -0.3 is 15.3 Å². The molecular formula is C6H19ClO3V. The van der Waals surface area contributed by atoms with Gasteiger partial charge in [-0.05, 0) is 20.8 Å². The van der Waals surface area contributed by atoms with Crippen molar-refractivity contribution in [1.82, 2.24) is 0 Å². The fourth-order valence-electron chi connectivity index (χ4n) is 0. The van der Waals surface area contributed by atoms with Crippen molar-refractivity contribution in [1.29, 1.82) is 0 Å². The molecule has 11 heavy (non-hydrogen) atoms. The zero-order valence-corrected chi connectivity index (χ0v) is 9.53. The molecule has 0 heterocycles. The van der Waals surface area contributed by atoms with Crippen LogP contribution in [0.4, 0.5) is 0 Å². The maximum atomic E-state index is 7.57. The van der Waals surface area contributed by atoms with Gasteiger partial charge in [-0.2, -0.15) is 0 Å². The van der Waals surface area contributed by atoms with Crippen LogP contribution < -0.4 is 0 Å². The van der Waals surface area contributed by atoms with Gasteiger partial charge in [0, 0.05) is 38.4 Å². The Labute approximate surface area is 87.1 Å². The van der Waals surface area contributed by atoms with E-state index < -0.39 is 0 Å². The molecule has 0 amide bonds. The quantitative estimate of drug-likeness (QED) is 0.560. The Hall–Kier alpha value is 0.754. The fourth-order valence-corrected chi connectivity index (χ4v) is 0. The zero-order valence-electron chi connectivity index (χ0n) is 7.32. The van der Waals surface area contributed by atoms with E-state index in [0.29, 0.717) is 0 Å². The van der Waals surface area contributed by atoms with E-state index in [0.717, 1.165) is 0 Å². The summed E-state index contributed by atoms with van der Waals surface area (Å²) in [6.45, 7) is 5.79. The van der Waals surface area contributed by atoms with Gasteiger partial charge in [-0.15, -0.1) is 12.4 Å². The Morgan fingerprint density at radius 2 is 0.727 bits per heavy atom. The van der Waals surface area contributed by atoms with Crippen LogP contribution in [0.15, 0.2) is 0 Å². The molecule has 3 N–H and O–H groups in total. The van der Waals surface area contributed by atoms with Crippen molar-refractivity contribution in [2.24, 2.45) is 0 Å². The molecule has 0 fully saturated rings. The van der Waals surface area contributed by atoms with Crippen molar-refractivity contribution in [3.8, 4) is 0 Å². The summed E-state index contributed by atoms with van der Waals surface area (Å²) in [5.74, 6) is 0. The monoisotopic (exact) mass is 225 g/mol. The molecule has 0 saturated carbocycles. The summed E-state index contributed by atoms with van der Waals surface area (Å²) in [5, 5.41) is 22.7. The first-order valence-corrected chi connectivity index (χ1v) is 3.07. The number of rotatable bonds is 0. The van der Waals surface area contributed by atoms with Crippen molar-refractivity contribution in [3.05, 3.63) is 0 Å². The predicted octanol–water partition coefficient (Wildman–Crippen LogP) is 0.415. The summed E-state index contributed by atoms with van der Waals surface area (Å²) in [4.78, 5) is 0. The van der Waals surface area contributed by atoms with Crippen LogP contribution in [0.2, 0.25) is 0 Å². The van der Waals surface area contributed by atoms with Crippen molar-refractivity contribution in [3.63, 3.8) is 0 Å². The van der Waals surface area contributed by atoms with Gasteiger partial charge in [0.1, 0.15) is 0 Å². The number of hydrogen-bond donors (Lipinski definition) is 3. The maximum absolute atomic E-state index is 7.57. The molecule has 0 aliphatic carbocycles. The van der Waals surface area contributed by atoms with Crippen LogP contribution in [-0.4, -0.2) is 35.1 Å². The molecule has 0 aliphatic heterocycles. The van der Waals surface area contributed by atoms with Gasteiger partial charge >= 0.3 is 0 Å². The molecule has 0 rings (SSSR count). The van der Waals surface area contributed by atoms with Crippen LogP contribution in [-0.2, 0) is 18.6 Å². The summed E-state index contributed by atoms with van der Waals surface area (Å²) in [7, 11) is 0. The molecular weight excluding hydrogens is 206 g/mol. The summed E-state index contributed by atoms with van der Waals surface area (Å²) < 4.78 is 0. The first-order chi connectivity index (χ1) is 4.24. The van der Waals surface area contributed by atoms with Gasteiger partial charge in [0.15, 0.2) is 0 Å².